The number of halogens is 2. The molecular formula is C12H18Cl2N12O6. The normalized spacial score (nSPS) is 12.4. The third-order valence-corrected chi connectivity index (χ3v) is 3.35. The first-order chi connectivity index (χ1) is 13.8. The van der Waals surface area contributed by atoms with Crippen LogP contribution in [0.4, 0.5) is 35.7 Å². The molecule has 0 saturated heterocycles. The summed E-state index contributed by atoms with van der Waals surface area (Å²) < 4.78 is 0. The number of rotatable bonds is 0. The molecule has 1 aliphatic carbocycles. The molecule has 0 radical (unpaired) electrons. The zero-order valence-electron chi connectivity index (χ0n) is 15.6. The highest BCUT2D eigenvalue weighted by Gasteiger charge is 2.22. The van der Waals surface area contributed by atoms with Crippen molar-refractivity contribution in [3.8, 4) is 0 Å². The van der Waals surface area contributed by atoms with Crippen molar-refractivity contribution in [3.05, 3.63) is 21.6 Å². The van der Waals surface area contributed by atoms with E-state index in [1.165, 1.54) is 0 Å². The molecule has 2 aromatic rings. The molecule has 2 heterocycles. The molecule has 3 rings (SSSR count). The minimum atomic E-state index is -1.23. The van der Waals surface area contributed by atoms with Crippen molar-refractivity contribution in [2.45, 2.75) is 0 Å². The first kappa shape index (κ1) is 29.9. The second-order valence-electron chi connectivity index (χ2n) is 4.90. The van der Waals surface area contributed by atoms with Crippen LogP contribution in [0.15, 0.2) is 21.6 Å². The molecule has 0 amide bonds. The number of ketones is 2. The highest BCUT2D eigenvalue weighted by molar-refractivity contribution is 6.55. The average Bonchev–Trinajstić information content (AvgIpc) is 2.62. The Hall–Kier alpha value is -4.26. The molecule has 0 aromatic carbocycles. The zero-order chi connectivity index (χ0) is 23.2. The number of nitrogens with two attached hydrogens (primary N) is 6. The lowest BCUT2D eigenvalue weighted by Gasteiger charge is -2.23. The number of nitrogens with one attached hydrogen (secondary N) is 2. The Kier molecular flexibility index (Phi) is 11.6. The lowest BCUT2D eigenvalue weighted by atomic mass is 10.1. The Morgan fingerprint density at radius 2 is 0.812 bits per heavy atom. The van der Waals surface area contributed by atoms with Crippen molar-refractivity contribution < 1.29 is 40.7 Å². The summed E-state index contributed by atoms with van der Waals surface area (Å²) in [6, 6.07) is 0. The highest BCUT2D eigenvalue weighted by Crippen LogP contribution is 2.23. The summed E-state index contributed by atoms with van der Waals surface area (Å²) in [5.41, 5.74) is 31.1. The van der Waals surface area contributed by atoms with Crippen molar-refractivity contribution in [2.75, 3.05) is 34.4 Å². The second kappa shape index (κ2) is 12.4. The summed E-state index contributed by atoms with van der Waals surface area (Å²) in [4.78, 5) is 40.5. The van der Waals surface area contributed by atoms with Gasteiger partial charge in [-0.3, -0.25) is 9.59 Å². The number of anilines is 6. The third kappa shape index (κ3) is 8.23. The van der Waals surface area contributed by atoms with Gasteiger partial charge in [-0.25, -0.2) is 9.97 Å². The SMILES string of the molecule is Nc1nc(N)[nH+]c(N)n1.Nc1nc(N)[nH+]c(N)n1.O.O.O=C1C([O-])=C(Cl)C(=O)C([O-])=C1Cl. The number of H-pyrrole nitrogens is 2. The average molecular weight is 497 g/mol. The van der Waals surface area contributed by atoms with Gasteiger partial charge in [-0.15, -0.1) is 0 Å². The highest BCUT2D eigenvalue weighted by atomic mass is 35.5. The summed E-state index contributed by atoms with van der Waals surface area (Å²) in [5, 5.41) is 19.6. The van der Waals surface area contributed by atoms with E-state index in [9.17, 15) is 19.8 Å². The number of aromatic amines is 2. The lowest BCUT2D eigenvalue weighted by molar-refractivity contribution is -0.351. The summed E-state index contributed by atoms with van der Waals surface area (Å²) in [7, 11) is 0. The van der Waals surface area contributed by atoms with Crippen LogP contribution in [0.5, 0.6) is 0 Å². The number of hydrogen-bond donors (Lipinski definition) is 6. The molecule has 0 fully saturated rings. The van der Waals surface area contributed by atoms with E-state index in [4.69, 9.17) is 57.6 Å². The fourth-order valence-corrected chi connectivity index (χ4v) is 1.87. The Bertz CT molecular complexity index is 850. The molecule has 1 aliphatic rings. The molecule has 2 aromatic heterocycles. The fraction of sp³-hybridized carbons (Fsp3) is 0. The second-order valence-corrected chi connectivity index (χ2v) is 5.65. The summed E-state index contributed by atoms with van der Waals surface area (Å²) >= 11 is 10.2. The lowest BCUT2D eigenvalue weighted by Crippen LogP contribution is -2.31. The maximum absolute atomic E-state index is 10.7. The molecule has 20 heteroatoms. The number of allylic oxidation sites excluding steroid dienone is 2. The van der Waals surface area contributed by atoms with Crippen LogP contribution < -0.4 is 54.6 Å². The van der Waals surface area contributed by atoms with Crippen LogP contribution in [-0.4, -0.2) is 42.5 Å². The zero-order valence-corrected chi connectivity index (χ0v) is 17.2. The summed E-state index contributed by atoms with van der Waals surface area (Å²) in [5.74, 6) is -4.11. The van der Waals surface area contributed by atoms with Crippen LogP contribution in [0.25, 0.3) is 0 Å². The van der Waals surface area contributed by atoms with Gasteiger partial charge in [0.25, 0.3) is 0 Å². The fourth-order valence-electron chi connectivity index (χ4n) is 1.52. The van der Waals surface area contributed by atoms with Crippen molar-refractivity contribution in [2.24, 2.45) is 0 Å². The van der Waals surface area contributed by atoms with Crippen LogP contribution in [0.3, 0.4) is 0 Å². The molecule has 0 aliphatic heterocycles. The first-order valence-electron chi connectivity index (χ1n) is 7.22. The molecule has 0 atom stereocenters. The Labute approximate surface area is 187 Å². The molecule has 0 saturated carbocycles. The maximum Gasteiger partial charge on any atom is 0.320 e. The molecule has 18 nitrogen and oxygen atoms in total. The minimum absolute atomic E-state index is 0. The quantitative estimate of drug-likeness (QED) is 0.184. The number of Topliss-reactive ketones (excluding diaryl/α,β-unsaturated/α-hetero) is 2. The van der Waals surface area contributed by atoms with E-state index in [0.29, 0.717) is 0 Å². The topological polar surface area (TPSA) is 379 Å². The van der Waals surface area contributed by atoms with Gasteiger partial charge in [-0.1, -0.05) is 43.1 Å². The van der Waals surface area contributed by atoms with Crippen LogP contribution in [-0.2, 0) is 9.59 Å². The van der Waals surface area contributed by atoms with Crippen molar-refractivity contribution >= 4 is 70.5 Å². The van der Waals surface area contributed by atoms with Gasteiger partial charge in [0.05, 0.1) is 10.1 Å². The van der Waals surface area contributed by atoms with Gasteiger partial charge in [0, 0.05) is 0 Å². The first-order valence-corrected chi connectivity index (χ1v) is 7.97. The van der Waals surface area contributed by atoms with E-state index < -0.39 is 33.1 Å². The largest absolute Gasteiger partial charge is 0.869 e. The molecule has 0 bridgehead atoms. The summed E-state index contributed by atoms with van der Waals surface area (Å²) in [6.07, 6.45) is 0. The minimum Gasteiger partial charge on any atom is -0.869 e. The number of carbonyl (C=O) groups is 2. The van der Waals surface area contributed by atoms with Crippen LogP contribution in [0, 0.1) is 0 Å². The third-order valence-electron chi connectivity index (χ3n) is 2.66. The van der Waals surface area contributed by atoms with Gasteiger partial charge >= 0.3 is 35.7 Å². The van der Waals surface area contributed by atoms with Gasteiger partial charge < -0.3 is 55.6 Å². The van der Waals surface area contributed by atoms with E-state index in [1.807, 2.05) is 0 Å². The van der Waals surface area contributed by atoms with Crippen LogP contribution in [0.1, 0.15) is 0 Å². The Morgan fingerprint density at radius 3 is 1.00 bits per heavy atom. The number of nitrogen functional groups attached to an aromatic ring is 6. The predicted octanol–water partition coefficient (Wildman–Crippen LogP) is -6.82. The van der Waals surface area contributed by atoms with E-state index in [-0.39, 0.29) is 46.6 Å². The van der Waals surface area contributed by atoms with Gasteiger partial charge in [0.1, 0.15) is 0 Å². The van der Waals surface area contributed by atoms with Crippen molar-refractivity contribution in [1.29, 1.82) is 0 Å². The smallest absolute Gasteiger partial charge is 0.320 e. The monoisotopic (exact) mass is 496 g/mol. The number of hydrogen-bond acceptors (Lipinski definition) is 14. The number of carbonyl (C=O) groups excluding carboxylic acids is 2. The maximum atomic E-state index is 10.7. The van der Waals surface area contributed by atoms with Crippen LogP contribution >= 0.6 is 23.2 Å². The molecular weight excluding hydrogens is 479 g/mol. The van der Waals surface area contributed by atoms with Crippen molar-refractivity contribution in [3.63, 3.8) is 0 Å². The molecule has 32 heavy (non-hydrogen) atoms. The predicted molar refractivity (Wildman–Crippen MR) is 107 cm³/mol. The molecule has 18 N–H and O–H groups in total. The Balaban J connectivity index is 0. The van der Waals surface area contributed by atoms with Gasteiger partial charge in [-0.2, -0.15) is 0 Å². The molecule has 0 unspecified atom stereocenters. The van der Waals surface area contributed by atoms with Crippen LogP contribution in [0.2, 0.25) is 0 Å². The van der Waals surface area contributed by atoms with Gasteiger partial charge in [-0.05, 0) is 11.5 Å². The standard InChI is InChI=1S/C6H2Cl2O4.2C3H6N6.2H2O/c7-1-3(9)5(11)2(8)6(12)4(1)10;2*4-1-7-2(5)9-3(6)8-1;;/h9,12H;2*(H6,4,5,6,7,8,9);2*1H2. The molecule has 176 valence electrons. The van der Waals surface area contributed by atoms with E-state index >= 15 is 0 Å². The van der Waals surface area contributed by atoms with E-state index in [2.05, 4.69) is 29.9 Å². The number of aromatic nitrogens is 6. The molecule has 0 spiro atoms. The van der Waals surface area contributed by atoms with E-state index in [0.717, 1.165) is 0 Å². The summed E-state index contributed by atoms with van der Waals surface area (Å²) in [6.45, 7) is 0. The number of nitrogens with zero attached hydrogens (tertiary/aromatic N) is 4. The van der Waals surface area contributed by atoms with Gasteiger partial charge in [0.15, 0.2) is 11.6 Å². The van der Waals surface area contributed by atoms with Crippen molar-refractivity contribution in [1.82, 2.24) is 19.9 Å². The Morgan fingerprint density at radius 1 is 0.594 bits per heavy atom. The van der Waals surface area contributed by atoms with Gasteiger partial charge in [0.2, 0.25) is 0 Å². The van der Waals surface area contributed by atoms with E-state index in [1.54, 1.807) is 0 Å².